The van der Waals surface area contributed by atoms with Crippen LogP contribution in [0.1, 0.15) is 12.2 Å². The van der Waals surface area contributed by atoms with E-state index >= 15 is 0 Å². The first-order valence-corrected chi connectivity index (χ1v) is 6.38. The molecule has 0 atom stereocenters. The highest BCUT2D eigenvalue weighted by molar-refractivity contribution is 7.98. The lowest BCUT2D eigenvalue weighted by atomic mass is 10.4. The van der Waals surface area contributed by atoms with Crippen molar-refractivity contribution in [3.63, 3.8) is 0 Å². The molecule has 1 aromatic rings. The van der Waals surface area contributed by atoms with Gasteiger partial charge in [0.15, 0.2) is 0 Å². The summed E-state index contributed by atoms with van der Waals surface area (Å²) in [4.78, 5) is 0. The Morgan fingerprint density at radius 2 is 2.40 bits per heavy atom. The normalized spacial score (nSPS) is 10.7. The van der Waals surface area contributed by atoms with Crippen molar-refractivity contribution < 1.29 is 9.15 Å². The third kappa shape index (κ3) is 6.60. The van der Waals surface area contributed by atoms with Crippen molar-refractivity contribution in [2.24, 2.45) is 0 Å². The maximum absolute atomic E-state index is 5.24. The van der Waals surface area contributed by atoms with E-state index in [1.54, 1.807) is 13.4 Å². The molecule has 0 aliphatic rings. The van der Waals surface area contributed by atoms with Crippen LogP contribution in [0.2, 0.25) is 0 Å². The van der Waals surface area contributed by atoms with Gasteiger partial charge in [-0.05, 0) is 25.1 Å². The first kappa shape index (κ1) is 12.6. The number of hydrogen-bond donors (Lipinski definition) is 1. The number of methoxy groups -OCH3 is 1. The Morgan fingerprint density at radius 3 is 3.13 bits per heavy atom. The van der Waals surface area contributed by atoms with Crippen molar-refractivity contribution in [2.45, 2.75) is 12.2 Å². The second-order valence-corrected chi connectivity index (χ2v) is 4.33. The topological polar surface area (TPSA) is 34.4 Å². The first-order chi connectivity index (χ1) is 7.43. The Labute approximate surface area is 95.6 Å². The van der Waals surface area contributed by atoms with E-state index < -0.39 is 0 Å². The predicted molar refractivity (Wildman–Crippen MR) is 64.2 cm³/mol. The standard InChI is InChI=1S/C11H19NO2S/c1-13-7-3-5-12-6-9-15-10-11-4-2-8-14-11/h2,4,8,12H,3,5-7,9-10H2,1H3. The summed E-state index contributed by atoms with van der Waals surface area (Å²) in [6.07, 6.45) is 2.80. The van der Waals surface area contributed by atoms with E-state index in [-0.39, 0.29) is 0 Å². The van der Waals surface area contributed by atoms with E-state index in [0.717, 1.165) is 43.4 Å². The van der Waals surface area contributed by atoms with Crippen LogP contribution in [0.3, 0.4) is 0 Å². The average molecular weight is 229 g/mol. The van der Waals surface area contributed by atoms with Crippen molar-refractivity contribution in [3.05, 3.63) is 24.2 Å². The summed E-state index contributed by atoms with van der Waals surface area (Å²) < 4.78 is 10.2. The van der Waals surface area contributed by atoms with Crippen LogP contribution in [-0.4, -0.2) is 32.6 Å². The molecule has 0 aromatic carbocycles. The van der Waals surface area contributed by atoms with Crippen molar-refractivity contribution in [1.29, 1.82) is 0 Å². The third-order valence-corrected chi connectivity index (χ3v) is 2.93. The highest BCUT2D eigenvalue weighted by atomic mass is 32.2. The molecule has 1 aromatic heterocycles. The zero-order valence-corrected chi connectivity index (χ0v) is 10.0. The van der Waals surface area contributed by atoms with Crippen LogP contribution in [0.25, 0.3) is 0 Å². The molecule has 0 bridgehead atoms. The molecule has 0 saturated carbocycles. The molecule has 1 rings (SSSR count). The Kier molecular flexibility index (Phi) is 7.42. The fourth-order valence-corrected chi connectivity index (χ4v) is 1.98. The van der Waals surface area contributed by atoms with Crippen LogP contribution < -0.4 is 5.32 Å². The molecule has 4 heteroatoms. The van der Waals surface area contributed by atoms with Gasteiger partial charge in [0.25, 0.3) is 0 Å². The van der Waals surface area contributed by atoms with Crippen LogP contribution in [0.5, 0.6) is 0 Å². The number of furan rings is 1. The Hall–Kier alpha value is -0.450. The van der Waals surface area contributed by atoms with Crippen LogP contribution in [0.15, 0.2) is 22.8 Å². The number of rotatable bonds is 9. The zero-order valence-electron chi connectivity index (χ0n) is 9.20. The highest BCUT2D eigenvalue weighted by Gasteiger charge is 1.95. The molecular formula is C11H19NO2S. The summed E-state index contributed by atoms with van der Waals surface area (Å²) in [5.74, 6) is 3.14. The lowest BCUT2D eigenvalue weighted by Crippen LogP contribution is -2.19. The van der Waals surface area contributed by atoms with Crippen LogP contribution in [-0.2, 0) is 10.5 Å². The Bertz CT molecular complexity index is 227. The maximum atomic E-state index is 5.24. The molecule has 0 radical (unpaired) electrons. The van der Waals surface area contributed by atoms with Gasteiger partial charge in [0.2, 0.25) is 0 Å². The van der Waals surface area contributed by atoms with Crippen LogP contribution in [0.4, 0.5) is 0 Å². The number of hydrogen-bond acceptors (Lipinski definition) is 4. The smallest absolute Gasteiger partial charge is 0.113 e. The van der Waals surface area contributed by atoms with Gasteiger partial charge in [-0.3, -0.25) is 0 Å². The first-order valence-electron chi connectivity index (χ1n) is 5.23. The molecule has 1 heterocycles. The van der Waals surface area contributed by atoms with Gasteiger partial charge in [0.05, 0.1) is 12.0 Å². The minimum absolute atomic E-state index is 0.840. The molecule has 0 fully saturated rings. The Balaban J connectivity index is 1.81. The van der Waals surface area contributed by atoms with Crippen molar-refractivity contribution in [3.8, 4) is 0 Å². The summed E-state index contributed by atoms with van der Waals surface area (Å²) >= 11 is 1.89. The molecule has 0 unspecified atom stereocenters. The molecule has 0 saturated heterocycles. The molecule has 1 N–H and O–H groups in total. The molecule has 0 amide bonds. The largest absolute Gasteiger partial charge is 0.468 e. The van der Waals surface area contributed by atoms with Gasteiger partial charge in [-0.1, -0.05) is 0 Å². The maximum Gasteiger partial charge on any atom is 0.113 e. The van der Waals surface area contributed by atoms with E-state index in [1.807, 2.05) is 23.9 Å². The minimum atomic E-state index is 0.840. The summed E-state index contributed by atoms with van der Waals surface area (Å²) in [5.41, 5.74) is 0. The summed E-state index contributed by atoms with van der Waals surface area (Å²) in [7, 11) is 1.74. The average Bonchev–Trinajstić information content (AvgIpc) is 2.75. The van der Waals surface area contributed by atoms with Gasteiger partial charge >= 0.3 is 0 Å². The van der Waals surface area contributed by atoms with Gasteiger partial charge in [-0.2, -0.15) is 11.8 Å². The molecule has 0 aliphatic heterocycles. The van der Waals surface area contributed by atoms with Crippen LogP contribution in [0, 0.1) is 0 Å². The van der Waals surface area contributed by atoms with Gasteiger partial charge in [0.1, 0.15) is 5.76 Å². The predicted octanol–water partition coefficient (Wildman–Crippen LogP) is 2.14. The summed E-state index contributed by atoms with van der Waals surface area (Å²) in [6, 6.07) is 3.94. The molecule has 3 nitrogen and oxygen atoms in total. The number of thioether (sulfide) groups is 1. The molecule has 86 valence electrons. The van der Waals surface area contributed by atoms with Crippen molar-refractivity contribution in [2.75, 3.05) is 32.6 Å². The number of nitrogens with one attached hydrogen (secondary N) is 1. The lowest BCUT2D eigenvalue weighted by molar-refractivity contribution is 0.194. The quantitative estimate of drug-likeness (QED) is 0.658. The zero-order chi connectivity index (χ0) is 10.8. The lowest BCUT2D eigenvalue weighted by Gasteiger charge is -2.03. The second-order valence-electron chi connectivity index (χ2n) is 3.23. The fraction of sp³-hybridized carbons (Fsp3) is 0.636. The van der Waals surface area contributed by atoms with Gasteiger partial charge in [-0.25, -0.2) is 0 Å². The third-order valence-electron chi connectivity index (χ3n) is 1.95. The Morgan fingerprint density at radius 1 is 1.47 bits per heavy atom. The summed E-state index contributed by atoms with van der Waals surface area (Å²) in [5, 5.41) is 3.37. The summed E-state index contributed by atoms with van der Waals surface area (Å²) in [6.45, 7) is 2.93. The van der Waals surface area contributed by atoms with Gasteiger partial charge < -0.3 is 14.5 Å². The SMILES string of the molecule is COCCCNCCSCc1ccco1. The van der Waals surface area contributed by atoms with E-state index in [1.165, 1.54) is 0 Å². The number of ether oxygens (including phenoxy) is 1. The van der Waals surface area contributed by atoms with Crippen molar-refractivity contribution in [1.82, 2.24) is 5.32 Å². The van der Waals surface area contributed by atoms with Crippen LogP contribution >= 0.6 is 11.8 Å². The monoisotopic (exact) mass is 229 g/mol. The van der Waals surface area contributed by atoms with E-state index in [2.05, 4.69) is 5.32 Å². The van der Waals surface area contributed by atoms with Gasteiger partial charge in [-0.15, -0.1) is 0 Å². The van der Waals surface area contributed by atoms with E-state index in [9.17, 15) is 0 Å². The molecule has 0 aliphatic carbocycles. The molecular weight excluding hydrogens is 210 g/mol. The van der Waals surface area contributed by atoms with E-state index in [0.29, 0.717) is 0 Å². The van der Waals surface area contributed by atoms with Crippen molar-refractivity contribution >= 4 is 11.8 Å². The fourth-order valence-electron chi connectivity index (χ4n) is 1.18. The van der Waals surface area contributed by atoms with Gasteiger partial charge in [0, 0.05) is 26.0 Å². The minimum Gasteiger partial charge on any atom is -0.468 e. The second kappa shape index (κ2) is 8.83. The molecule has 15 heavy (non-hydrogen) atoms. The highest BCUT2D eigenvalue weighted by Crippen LogP contribution is 2.11. The molecule has 0 spiro atoms. The van der Waals surface area contributed by atoms with E-state index in [4.69, 9.17) is 9.15 Å².